The third-order valence-corrected chi connectivity index (χ3v) is 5.28. The summed E-state index contributed by atoms with van der Waals surface area (Å²) in [5.74, 6) is 0.439. The van der Waals surface area contributed by atoms with Gasteiger partial charge >= 0.3 is 0 Å². The van der Waals surface area contributed by atoms with Gasteiger partial charge < -0.3 is 9.80 Å². The molecule has 0 bridgehead atoms. The van der Waals surface area contributed by atoms with Crippen LogP contribution in [0.4, 0.5) is 0 Å². The van der Waals surface area contributed by atoms with Crippen molar-refractivity contribution in [3.05, 3.63) is 40.3 Å². The van der Waals surface area contributed by atoms with Crippen LogP contribution in [0.25, 0.3) is 10.8 Å². The fourth-order valence-corrected chi connectivity index (χ4v) is 3.78. The van der Waals surface area contributed by atoms with Crippen molar-refractivity contribution in [1.82, 2.24) is 19.6 Å². The molecule has 2 aromatic rings. The first kappa shape index (κ1) is 17.6. The second kappa shape index (κ2) is 6.96. The van der Waals surface area contributed by atoms with E-state index in [-0.39, 0.29) is 18.0 Å². The first-order chi connectivity index (χ1) is 11.9. The molecule has 0 aliphatic carbocycles. The lowest BCUT2D eigenvalue weighted by Gasteiger charge is -2.23. The lowest BCUT2D eigenvalue weighted by atomic mass is 10.0. The number of hydrogen-bond acceptors (Lipinski definition) is 4. The fourth-order valence-electron chi connectivity index (χ4n) is 3.78. The largest absolute Gasteiger partial charge is 0.339 e. The summed E-state index contributed by atoms with van der Waals surface area (Å²) in [5.41, 5.74) is 0.562. The Morgan fingerprint density at radius 1 is 1.24 bits per heavy atom. The average Bonchev–Trinajstić information content (AvgIpc) is 3.04. The van der Waals surface area contributed by atoms with Gasteiger partial charge in [-0.15, -0.1) is 0 Å². The number of rotatable bonds is 4. The van der Waals surface area contributed by atoms with Crippen LogP contribution in [0.1, 0.15) is 19.0 Å². The summed E-state index contributed by atoms with van der Waals surface area (Å²) in [6.45, 7) is 5.49. The minimum atomic E-state index is -0.204. The van der Waals surface area contributed by atoms with E-state index in [1.165, 1.54) is 4.68 Å². The Balaban J connectivity index is 1.83. The topological polar surface area (TPSA) is 58.4 Å². The molecule has 25 heavy (non-hydrogen) atoms. The quantitative estimate of drug-likeness (QED) is 0.845. The number of carbonyl (C=O) groups excluding carboxylic acids is 1. The molecule has 0 N–H and O–H groups in total. The van der Waals surface area contributed by atoms with E-state index in [0.29, 0.717) is 23.9 Å². The smallest absolute Gasteiger partial charge is 0.275 e. The van der Waals surface area contributed by atoms with E-state index in [0.717, 1.165) is 24.0 Å². The van der Waals surface area contributed by atoms with Crippen molar-refractivity contribution < 1.29 is 4.79 Å². The number of hydrogen-bond donors (Lipinski definition) is 0. The maximum atomic E-state index is 12.8. The van der Waals surface area contributed by atoms with Crippen LogP contribution in [0.3, 0.4) is 0 Å². The van der Waals surface area contributed by atoms with Crippen LogP contribution in [0, 0.1) is 12.8 Å². The Morgan fingerprint density at radius 2 is 1.92 bits per heavy atom. The van der Waals surface area contributed by atoms with E-state index in [2.05, 4.69) is 31.0 Å². The van der Waals surface area contributed by atoms with Crippen LogP contribution in [-0.2, 0) is 11.3 Å². The molecule has 6 nitrogen and oxygen atoms in total. The summed E-state index contributed by atoms with van der Waals surface area (Å²) in [5, 5.41) is 5.81. The van der Waals surface area contributed by atoms with Crippen LogP contribution in [0.15, 0.2) is 29.1 Å². The SMILES string of the molecule is CC[C@@H]1CN(C(=O)Cn2nc(C)c3ccccc3c2=O)C[C@@H]1N(C)C. The Kier molecular flexibility index (Phi) is 4.90. The highest BCUT2D eigenvalue weighted by molar-refractivity contribution is 5.83. The van der Waals surface area contributed by atoms with Crippen LogP contribution in [-0.4, -0.2) is 58.7 Å². The molecule has 0 saturated carbocycles. The lowest BCUT2D eigenvalue weighted by Crippen LogP contribution is -2.38. The molecule has 1 fully saturated rings. The van der Waals surface area contributed by atoms with Gasteiger partial charge in [-0.25, -0.2) is 4.68 Å². The first-order valence-electron chi connectivity index (χ1n) is 8.83. The lowest BCUT2D eigenvalue weighted by molar-refractivity contribution is -0.131. The number of fused-ring (bicyclic) bond motifs is 1. The van der Waals surface area contributed by atoms with Crippen LogP contribution in [0.5, 0.6) is 0 Å². The van der Waals surface area contributed by atoms with E-state index in [1.807, 2.05) is 30.0 Å². The second-order valence-corrected chi connectivity index (χ2v) is 7.09. The molecule has 3 rings (SSSR count). The van der Waals surface area contributed by atoms with Gasteiger partial charge in [-0.2, -0.15) is 5.10 Å². The van der Waals surface area contributed by atoms with Gasteiger partial charge in [0.05, 0.1) is 11.1 Å². The van der Waals surface area contributed by atoms with Gasteiger partial charge in [0, 0.05) is 24.5 Å². The molecule has 1 aliphatic heterocycles. The fraction of sp³-hybridized carbons (Fsp3) is 0.526. The van der Waals surface area contributed by atoms with Gasteiger partial charge in [0.25, 0.3) is 5.56 Å². The van der Waals surface area contributed by atoms with Crippen molar-refractivity contribution in [2.24, 2.45) is 5.92 Å². The molecule has 2 atom stereocenters. The second-order valence-electron chi connectivity index (χ2n) is 7.09. The third kappa shape index (κ3) is 3.31. The monoisotopic (exact) mass is 342 g/mol. The Labute approximate surface area is 148 Å². The molecule has 134 valence electrons. The van der Waals surface area contributed by atoms with Crippen molar-refractivity contribution >= 4 is 16.7 Å². The highest BCUT2D eigenvalue weighted by Crippen LogP contribution is 2.23. The molecule has 0 radical (unpaired) electrons. The first-order valence-corrected chi connectivity index (χ1v) is 8.83. The molecule has 1 aliphatic rings. The number of aromatic nitrogens is 2. The number of carbonyl (C=O) groups is 1. The molecule has 1 amide bonds. The molecule has 6 heteroatoms. The van der Waals surface area contributed by atoms with E-state index in [1.54, 1.807) is 6.07 Å². The zero-order valence-corrected chi connectivity index (χ0v) is 15.4. The van der Waals surface area contributed by atoms with Gasteiger partial charge in [-0.3, -0.25) is 9.59 Å². The molecular weight excluding hydrogens is 316 g/mol. The number of benzene rings is 1. The Morgan fingerprint density at radius 3 is 2.52 bits per heavy atom. The summed E-state index contributed by atoms with van der Waals surface area (Å²) in [4.78, 5) is 29.5. The normalized spacial score (nSPS) is 20.6. The zero-order valence-electron chi connectivity index (χ0n) is 15.4. The number of likely N-dealkylation sites (tertiary alicyclic amines) is 1. The summed E-state index contributed by atoms with van der Waals surface area (Å²) in [7, 11) is 4.11. The maximum Gasteiger partial charge on any atom is 0.275 e. The van der Waals surface area contributed by atoms with Gasteiger partial charge in [-0.1, -0.05) is 31.5 Å². The molecule has 0 spiro atoms. The standard InChI is InChI=1S/C19H26N4O2/c1-5-14-10-22(11-17(14)21(3)4)18(24)12-23-19(25)16-9-7-6-8-15(16)13(2)20-23/h6-9,14,17H,5,10-12H2,1-4H3/t14-,17+/m1/s1. The molecule has 1 aromatic carbocycles. The predicted octanol–water partition coefficient (Wildman–Crippen LogP) is 1.50. The van der Waals surface area contributed by atoms with Crippen molar-refractivity contribution in [1.29, 1.82) is 0 Å². The summed E-state index contributed by atoms with van der Waals surface area (Å²) < 4.78 is 1.31. The van der Waals surface area contributed by atoms with Gasteiger partial charge in [0.15, 0.2) is 0 Å². The zero-order chi connectivity index (χ0) is 18.1. The highest BCUT2D eigenvalue weighted by Gasteiger charge is 2.35. The van der Waals surface area contributed by atoms with Crippen LogP contribution < -0.4 is 5.56 Å². The minimum Gasteiger partial charge on any atom is -0.339 e. The summed E-state index contributed by atoms with van der Waals surface area (Å²) in [6, 6.07) is 7.78. The van der Waals surface area contributed by atoms with E-state index in [9.17, 15) is 9.59 Å². The van der Waals surface area contributed by atoms with Crippen LogP contribution >= 0.6 is 0 Å². The van der Waals surface area contributed by atoms with Gasteiger partial charge in [0.2, 0.25) is 5.91 Å². The highest BCUT2D eigenvalue weighted by atomic mass is 16.2. The van der Waals surface area contributed by atoms with E-state index >= 15 is 0 Å². The van der Waals surface area contributed by atoms with Crippen molar-refractivity contribution in [3.8, 4) is 0 Å². The summed E-state index contributed by atoms with van der Waals surface area (Å²) in [6.07, 6.45) is 1.04. The number of aryl methyl sites for hydroxylation is 1. The Bertz CT molecular complexity index is 843. The molecule has 1 aromatic heterocycles. The van der Waals surface area contributed by atoms with E-state index in [4.69, 9.17) is 0 Å². The predicted molar refractivity (Wildman–Crippen MR) is 98.6 cm³/mol. The molecule has 1 saturated heterocycles. The van der Waals surface area contributed by atoms with Crippen LogP contribution in [0.2, 0.25) is 0 Å². The third-order valence-electron chi connectivity index (χ3n) is 5.28. The average molecular weight is 342 g/mol. The van der Waals surface area contributed by atoms with E-state index < -0.39 is 0 Å². The van der Waals surface area contributed by atoms with Gasteiger partial charge in [-0.05, 0) is 33.0 Å². The van der Waals surface area contributed by atoms with Gasteiger partial charge in [0.1, 0.15) is 6.54 Å². The number of likely N-dealkylation sites (N-methyl/N-ethyl adjacent to an activating group) is 1. The van der Waals surface area contributed by atoms with Crippen molar-refractivity contribution in [2.45, 2.75) is 32.9 Å². The van der Waals surface area contributed by atoms with Crippen molar-refractivity contribution in [2.75, 3.05) is 27.2 Å². The van der Waals surface area contributed by atoms with Crippen molar-refractivity contribution in [3.63, 3.8) is 0 Å². The maximum absolute atomic E-state index is 12.8. The molecular formula is C19H26N4O2. The molecule has 2 heterocycles. The summed E-state index contributed by atoms with van der Waals surface area (Å²) >= 11 is 0. The number of nitrogens with zero attached hydrogens (tertiary/aromatic N) is 4. The molecule has 0 unspecified atom stereocenters. The Hall–Kier alpha value is -2.21. The number of amides is 1. The minimum absolute atomic E-state index is 0.00108.